The van der Waals surface area contributed by atoms with Crippen molar-refractivity contribution in [2.75, 3.05) is 24.7 Å². The number of halogens is 1. The minimum absolute atomic E-state index is 0.00314. The lowest BCUT2D eigenvalue weighted by atomic mass is 10.0. The Hall–Kier alpha value is -6.66. The Morgan fingerprint density at radius 3 is 1.75 bits per heavy atom. The first kappa shape index (κ1) is 49.9. The van der Waals surface area contributed by atoms with Crippen LogP contribution >= 0.6 is 15.9 Å². The van der Waals surface area contributed by atoms with Gasteiger partial charge in [0.2, 0.25) is 17.7 Å². The average molecular weight is 1060 g/mol. The molecule has 0 radical (unpaired) electrons. The van der Waals surface area contributed by atoms with Crippen molar-refractivity contribution in [3.05, 3.63) is 154 Å². The zero-order valence-corrected chi connectivity index (χ0v) is 42.0. The van der Waals surface area contributed by atoms with E-state index < -0.39 is 66.2 Å². The van der Waals surface area contributed by atoms with Crippen LogP contribution in [-0.4, -0.2) is 106 Å². The SMILES string of the molecule is BrCc1ccc(-c2ccccc2)cc1.CC1(C)O[C@@H]2[C@H](O1)[C@@H](CO)O[C@H]2[n+]1cn(Cc2ccc(-c3ccccc3)cc2)c2c(=O)[nH]c(N)nc21.CC1(C)O[C@@H]2[C@H](O1)[C@@H](CO)O[C@H]2n1cnc2c(=O)[nH]c(N)nc21. The van der Waals surface area contributed by atoms with Crippen LogP contribution in [0.3, 0.4) is 0 Å². The number of imidazole rings is 2. The molecule has 0 saturated carbocycles. The monoisotopic (exact) mass is 1060 g/mol. The first-order valence-corrected chi connectivity index (χ1v) is 24.9. The fourth-order valence-corrected chi connectivity index (χ4v) is 10.1. The highest BCUT2D eigenvalue weighted by atomic mass is 79.9. The van der Waals surface area contributed by atoms with Crippen molar-refractivity contribution in [1.29, 1.82) is 0 Å². The lowest BCUT2D eigenvalue weighted by Crippen LogP contribution is -2.46. The van der Waals surface area contributed by atoms with Gasteiger partial charge in [-0.05, 0) is 61.1 Å². The maximum atomic E-state index is 13.0. The van der Waals surface area contributed by atoms with Gasteiger partial charge in [0.05, 0.1) is 26.1 Å². The third kappa shape index (κ3) is 10.2. The van der Waals surface area contributed by atoms with E-state index in [1.807, 2.05) is 54.8 Å². The van der Waals surface area contributed by atoms with Gasteiger partial charge in [-0.1, -0.05) is 130 Å². The number of aromatic amines is 2. The van der Waals surface area contributed by atoms with Gasteiger partial charge < -0.3 is 50.1 Å². The van der Waals surface area contributed by atoms with E-state index in [4.69, 9.17) is 39.9 Å². The zero-order chi connectivity index (χ0) is 51.2. The molecule has 4 aliphatic heterocycles. The highest BCUT2D eigenvalue weighted by molar-refractivity contribution is 9.08. The van der Waals surface area contributed by atoms with Gasteiger partial charge in [-0.15, -0.1) is 0 Å². The second-order valence-electron chi connectivity index (χ2n) is 18.9. The molecule has 4 saturated heterocycles. The van der Waals surface area contributed by atoms with Crippen LogP contribution in [0.4, 0.5) is 11.9 Å². The Balaban J connectivity index is 0.000000140. The Kier molecular flexibility index (Phi) is 13.9. The van der Waals surface area contributed by atoms with Crippen molar-refractivity contribution >= 4 is 50.2 Å². The molecule has 4 fully saturated rings. The molecule has 73 heavy (non-hydrogen) atoms. The number of fused-ring (bicyclic) bond motifs is 4. The van der Waals surface area contributed by atoms with Crippen LogP contribution in [-0.2, 0) is 40.3 Å². The van der Waals surface area contributed by atoms with E-state index in [2.05, 4.69) is 114 Å². The van der Waals surface area contributed by atoms with Gasteiger partial charge in [0.15, 0.2) is 35.3 Å². The summed E-state index contributed by atoms with van der Waals surface area (Å²) in [6.07, 6.45) is -0.987. The average Bonchev–Trinajstić information content (AvgIpc) is 4.24. The second kappa shape index (κ2) is 20.3. The number of nitrogens with two attached hydrogens (primary N) is 2. The van der Waals surface area contributed by atoms with Crippen LogP contribution in [0.5, 0.6) is 0 Å². The molecule has 20 nitrogen and oxygen atoms in total. The lowest BCUT2D eigenvalue weighted by molar-refractivity contribution is -0.746. The standard InChI is InChI=1S/C26H27N5O5.C13H11Br.C13H17N5O5/c1-26(2)35-20-18(13-32)34-24(21(20)36-26)31-14-30(19-22(31)28-25(27)29-23(19)33)12-15-8-10-17(11-9-15)16-6-4-3-5-7-16;14-10-11-6-8-13(9-7-11)12-4-2-1-3-5-12;1-13(2)22-7-5(3-19)21-11(8(7)23-13)18-4-15-6-9(18)16-12(14)17-10(6)20/h3-11,14,18,20-21,24,32H,12-13H2,1-2H3,(H2-,27,28,29,33);1-9H,10H2;4-5,7-8,11,19H,3H2,1-2H3,(H3,14,16,17,20)/p+1/t18-,20-,21-,24-;;5-,7-,8-,11-/m1.1/s1. The Labute approximate surface area is 426 Å². The zero-order valence-electron chi connectivity index (χ0n) is 40.4. The molecule has 0 aliphatic carbocycles. The number of rotatable bonds is 9. The van der Waals surface area contributed by atoms with Crippen molar-refractivity contribution in [2.45, 2.75) is 100 Å². The minimum Gasteiger partial charge on any atom is -0.394 e. The van der Waals surface area contributed by atoms with Crippen LogP contribution in [0.15, 0.2) is 131 Å². The maximum absolute atomic E-state index is 13.0. The van der Waals surface area contributed by atoms with Crippen molar-refractivity contribution in [2.24, 2.45) is 0 Å². The van der Waals surface area contributed by atoms with Gasteiger partial charge in [-0.2, -0.15) is 4.98 Å². The summed E-state index contributed by atoms with van der Waals surface area (Å²) in [4.78, 5) is 42.5. The molecule has 8 heterocycles. The molecule has 0 unspecified atom stereocenters. The van der Waals surface area contributed by atoms with Crippen LogP contribution < -0.4 is 27.2 Å². The molecule has 4 aliphatic rings. The number of ether oxygens (including phenoxy) is 6. The van der Waals surface area contributed by atoms with E-state index >= 15 is 0 Å². The van der Waals surface area contributed by atoms with E-state index in [1.54, 1.807) is 29.3 Å². The highest BCUT2D eigenvalue weighted by Gasteiger charge is 2.58. The number of benzene rings is 4. The molecule has 4 aromatic carbocycles. The predicted octanol–water partition coefficient (Wildman–Crippen LogP) is 5.08. The smallest absolute Gasteiger partial charge is 0.313 e. The van der Waals surface area contributed by atoms with E-state index in [1.165, 1.54) is 23.0 Å². The quantitative estimate of drug-likeness (QED) is 0.0813. The molecule has 4 aromatic heterocycles. The van der Waals surface area contributed by atoms with E-state index in [0.717, 1.165) is 22.0 Å². The maximum Gasteiger partial charge on any atom is 0.313 e. The lowest BCUT2D eigenvalue weighted by Gasteiger charge is -2.24. The van der Waals surface area contributed by atoms with E-state index in [0.29, 0.717) is 23.4 Å². The summed E-state index contributed by atoms with van der Waals surface area (Å²) in [5.41, 5.74) is 19.0. The molecule has 0 spiro atoms. The topological polar surface area (TPSA) is 266 Å². The minimum atomic E-state index is -0.825. The van der Waals surface area contributed by atoms with Gasteiger partial charge in [0.1, 0.15) is 36.6 Å². The summed E-state index contributed by atoms with van der Waals surface area (Å²) in [7, 11) is 0. The number of nitrogen functional groups attached to an aromatic ring is 2. The van der Waals surface area contributed by atoms with Gasteiger partial charge in [0.25, 0.3) is 17.1 Å². The van der Waals surface area contributed by atoms with E-state index in [9.17, 15) is 19.8 Å². The predicted molar refractivity (Wildman–Crippen MR) is 273 cm³/mol. The fourth-order valence-electron chi connectivity index (χ4n) is 9.72. The summed E-state index contributed by atoms with van der Waals surface area (Å²) < 4.78 is 41.0. The summed E-state index contributed by atoms with van der Waals surface area (Å²) in [6, 6.07) is 37.4. The molecule has 0 bridgehead atoms. The number of alkyl halides is 1. The highest BCUT2D eigenvalue weighted by Crippen LogP contribution is 2.44. The van der Waals surface area contributed by atoms with Crippen molar-refractivity contribution in [1.82, 2.24) is 34.1 Å². The van der Waals surface area contributed by atoms with Gasteiger partial charge >= 0.3 is 5.65 Å². The summed E-state index contributed by atoms with van der Waals surface area (Å²) in [5.74, 6) is -1.62. The molecule has 8 N–H and O–H groups in total. The number of nitrogens with one attached hydrogen (secondary N) is 2. The van der Waals surface area contributed by atoms with Crippen molar-refractivity contribution in [3.63, 3.8) is 0 Å². The number of H-pyrrole nitrogens is 2. The van der Waals surface area contributed by atoms with Crippen molar-refractivity contribution in [3.8, 4) is 22.3 Å². The number of anilines is 2. The first-order valence-electron chi connectivity index (χ1n) is 23.7. The molecule has 8 aromatic rings. The number of aliphatic hydroxyl groups is 2. The van der Waals surface area contributed by atoms with Crippen LogP contribution in [0.2, 0.25) is 0 Å². The number of aromatic nitrogens is 8. The molecule has 380 valence electrons. The normalized spacial score (nSPS) is 24.4. The molecule has 0 amide bonds. The number of hydrogen-bond donors (Lipinski definition) is 6. The molecular formula is C52H56BrN10O10+. The van der Waals surface area contributed by atoms with E-state index in [-0.39, 0.29) is 36.2 Å². The second-order valence-corrected chi connectivity index (χ2v) is 19.5. The Morgan fingerprint density at radius 2 is 1.16 bits per heavy atom. The van der Waals surface area contributed by atoms with Crippen LogP contribution in [0.1, 0.15) is 51.3 Å². The molecular weight excluding hydrogens is 1000 g/mol. The largest absolute Gasteiger partial charge is 0.394 e. The summed E-state index contributed by atoms with van der Waals surface area (Å²) in [5, 5.41) is 20.3. The van der Waals surface area contributed by atoms with Gasteiger partial charge in [-0.3, -0.25) is 28.7 Å². The van der Waals surface area contributed by atoms with Crippen molar-refractivity contribution < 1.29 is 43.2 Å². The summed E-state index contributed by atoms with van der Waals surface area (Å²) in [6.45, 7) is 7.24. The number of nitrogens with zero attached hydrogens (tertiary/aromatic N) is 6. The Morgan fingerprint density at radius 1 is 0.658 bits per heavy atom. The summed E-state index contributed by atoms with van der Waals surface area (Å²) >= 11 is 3.44. The number of aliphatic hydroxyl groups excluding tert-OH is 2. The third-order valence-corrected chi connectivity index (χ3v) is 13.6. The van der Waals surface area contributed by atoms with Crippen LogP contribution in [0.25, 0.3) is 44.6 Å². The molecule has 8 atom stereocenters. The van der Waals surface area contributed by atoms with Gasteiger partial charge in [-0.25, -0.2) is 9.55 Å². The molecule has 12 rings (SSSR count). The van der Waals surface area contributed by atoms with Crippen LogP contribution in [0, 0.1) is 0 Å². The molecule has 21 heteroatoms. The number of hydrogen-bond acceptors (Lipinski definition) is 15. The fraction of sp³-hybridized carbons (Fsp3) is 0.346. The van der Waals surface area contributed by atoms with Gasteiger partial charge in [0, 0.05) is 5.33 Å². The first-order chi connectivity index (χ1) is 35.1. The third-order valence-electron chi connectivity index (χ3n) is 12.9. The Bertz CT molecular complexity index is 3330.